The standard InChI is InChI=1S/C21H23N3O2S/c1-23(2)13-14-24(20(25)12-9-16-7-5-4-6-8-16)21-22-18-15-17(26-3)10-11-19(18)27-21/h4-12,15H,13-14H2,1-3H3/p+1/b12-9+. The van der Waals surface area contributed by atoms with Crippen LogP contribution < -0.4 is 14.5 Å². The number of methoxy groups -OCH3 is 1. The highest BCUT2D eigenvalue weighted by Crippen LogP contribution is 2.31. The van der Waals surface area contributed by atoms with Crippen LogP contribution >= 0.6 is 11.3 Å². The van der Waals surface area contributed by atoms with Crippen LogP contribution in [0.4, 0.5) is 5.13 Å². The van der Waals surface area contributed by atoms with E-state index < -0.39 is 0 Å². The predicted octanol–water partition coefficient (Wildman–Crippen LogP) is 2.50. The van der Waals surface area contributed by atoms with E-state index in [-0.39, 0.29) is 5.91 Å². The Hall–Kier alpha value is -2.70. The second-order valence-corrected chi connectivity index (χ2v) is 7.53. The number of thiazole rings is 1. The third-order valence-electron chi connectivity index (χ3n) is 4.13. The molecule has 27 heavy (non-hydrogen) atoms. The molecule has 0 fully saturated rings. The minimum absolute atomic E-state index is 0.0638. The summed E-state index contributed by atoms with van der Waals surface area (Å²) < 4.78 is 6.31. The smallest absolute Gasteiger partial charge is 0.252 e. The molecule has 0 bridgehead atoms. The Balaban J connectivity index is 1.88. The molecule has 1 heterocycles. The summed E-state index contributed by atoms with van der Waals surface area (Å²) in [6.45, 7) is 1.45. The molecule has 0 unspecified atom stereocenters. The molecule has 3 aromatic rings. The number of carbonyl (C=O) groups is 1. The van der Waals surface area contributed by atoms with Crippen LogP contribution in [-0.2, 0) is 4.79 Å². The van der Waals surface area contributed by atoms with Crippen molar-refractivity contribution in [1.82, 2.24) is 4.98 Å². The molecular weight excluding hydrogens is 358 g/mol. The van der Waals surface area contributed by atoms with Gasteiger partial charge in [0.2, 0.25) is 0 Å². The lowest BCUT2D eigenvalue weighted by Gasteiger charge is -2.19. The number of ether oxygens (including phenoxy) is 1. The molecule has 3 rings (SSSR count). The molecular formula is C21H24N3O2S+. The first kappa shape index (κ1) is 19.1. The molecule has 1 aromatic heterocycles. The lowest BCUT2D eigenvalue weighted by molar-refractivity contribution is -0.856. The van der Waals surface area contributed by atoms with Crippen LogP contribution in [0.3, 0.4) is 0 Å². The number of hydrogen-bond acceptors (Lipinski definition) is 4. The van der Waals surface area contributed by atoms with Crippen molar-refractivity contribution >= 4 is 38.7 Å². The quantitative estimate of drug-likeness (QED) is 0.639. The first-order valence-corrected chi connectivity index (χ1v) is 9.66. The first-order chi connectivity index (χ1) is 13.1. The first-order valence-electron chi connectivity index (χ1n) is 8.85. The van der Waals surface area contributed by atoms with Gasteiger partial charge in [-0.2, -0.15) is 0 Å². The van der Waals surface area contributed by atoms with Crippen molar-refractivity contribution in [3.8, 4) is 5.75 Å². The molecule has 0 saturated carbocycles. The van der Waals surface area contributed by atoms with Gasteiger partial charge in [0.1, 0.15) is 5.75 Å². The summed E-state index contributed by atoms with van der Waals surface area (Å²) in [5, 5.41) is 0.710. The van der Waals surface area contributed by atoms with E-state index in [0.29, 0.717) is 11.7 Å². The summed E-state index contributed by atoms with van der Waals surface area (Å²) in [7, 11) is 5.79. The normalized spacial score (nSPS) is 11.4. The van der Waals surface area contributed by atoms with Crippen LogP contribution in [0.15, 0.2) is 54.6 Å². The number of rotatable bonds is 7. The average molecular weight is 383 g/mol. The average Bonchev–Trinajstić information content (AvgIpc) is 3.09. The van der Waals surface area contributed by atoms with E-state index in [0.717, 1.165) is 28.1 Å². The molecule has 0 saturated heterocycles. The van der Waals surface area contributed by atoms with Gasteiger partial charge in [-0.1, -0.05) is 41.7 Å². The molecule has 0 aliphatic carbocycles. The molecule has 0 atom stereocenters. The van der Waals surface area contributed by atoms with Crippen LogP contribution in [0, 0.1) is 0 Å². The topological polar surface area (TPSA) is 46.9 Å². The third-order valence-corrected chi connectivity index (χ3v) is 5.19. The Kier molecular flexibility index (Phi) is 6.21. The zero-order valence-electron chi connectivity index (χ0n) is 15.8. The largest absolute Gasteiger partial charge is 0.497 e. The molecule has 6 heteroatoms. The lowest BCUT2D eigenvalue weighted by Crippen LogP contribution is -3.06. The summed E-state index contributed by atoms with van der Waals surface area (Å²) in [6, 6.07) is 15.6. The number of nitrogens with one attached hydrogen (secondary N) is 1. The molecule has 0 radical (unpaired) electrons. The number of amides is 1. The SMILES string of the molecule is COc1ccc2sc(N(CC[NH+](C)C)C(=O)/C=C/c3ccccc3)nc2c1. The Morgan fingerprint density at radius 2 is 2.00 bits per heavy atom. The summed E-state index contributed by atoms with van der Waals surface area (Å²) >= 11 is 1.52. The zero-order chi connectivity index (χ0) is 19.2. The number of aromatic nitrogens is 1. The number of likely N-dealkylation sites (N-methyl/N-ethyl adjacent to an activating group) is 1. The summed E-state index contributed by atoms with van der Waals surface area (Å²) in [6.07, 6.45) is 3.46. The summed E-state index contributed by atoms with van der Waals surface area (Å²) in [5.74, 6) is 0.699. The zero-order valence-corrected chi connectivity index (χ0v) is 16.6. The highest BCUT2D eigenvalue weighted by Gasteiger charge is 2.19. The van der Waals surface area contributed by atoms with Gasteiger partial charge >= 0.3 is 0 Å². The van der Waals surface area contributed by atoms with Gasteiger partial charge in [0, 0.05) is 12.1 Å². The Bertz CT molecular complexity index is 935. The van der Waals surface area contributed by atoms with E-state index in [9.17, 15) is 4.79 Å². The highest BCUT2D eigenvalue weighted by molar-refractivity contribution is 7.22. The van der Waals surface area contributed by atoms with Crippen molar-refractivity contribution in [1.29, 1.82) is 0 Å². The van der Waals surface area contributed by atoms with Crippen molar-refractivity contribution in [3.05, 3.63) is 60.2 Å². The van der Waals surface area contributed by atoms with E-state index in [1.807, 2.05) is 54.6 Å². The number of nitrogens with zero attached hydrogens (tertiary/aromatic N) is 2. The van der Waals surface area contributed by atoms with E-state index in [1.165, 1.54) is 16.2 Å². The lowest BCUT2D eigenvalue weighted by atomic mass is 10.2. The van der Waals surface area contributed by atoms with Crippen molar-refractivity contribution in [3.63, 3.8) is 0 Å². The van der Waals surface area contributed by atoms with Crippen LogP contribution in [0.5, 0.6) is 5.75 Å². The number of quaternary nitrogens is 1. The molecule has 2 aromatic carbocycles. The number of hydrogen-bond donors (Lipinski definition) is 1. The van der Waals surface area contributed by atoms with Crippen LogP contribution in [0.1, 0.15) is 5.56 Å². The van der Waals surface area contributed by atoms with E-state index >= 15 is 0 Å². The number of carbonyl (C=O) groups excluding carboxylic acids is 1. The fraction of sp³-hybridized carbons (Fsp3) is 0.238. The number of fused-ring (bicyclic) bond motifs is 1. The Morgan fingerprint density at radius 1 is 1.22 bits per heavy atom. The minimum atomic E-state index is -0.0638. The molecule has 1 N–H and O–H groups in total. The molecule has 0 aliphatic rings. The molecule has 5 nitrogen and oxygen atoms in total. The van der Waals surface area contributed by atoms with Crippen molar-refractivity contribution in [2.75, 3.05) is 39.2 Å². The number of benzene rings is 2. The van der Waals surface area contributed by atoms with Gasteiger partial charge in [0.05, 0.1) is 44.5 Å². The van der Waals surface area contributed by atoms with Gasteiger partial charge in [-0.25, -0.2) is 4.98 Å². The third kappa shape index (κ3) is 4.93. The number of anilines is 1. The predicted molar refractivity (Wildman–Crippen MR) is 112 cm³/mol. The highest BCUT2D eigenvalue weighted by atomic mass is 32.1. The molecule has 1 amide bonds. The molecule has 0 aliphatic heterocycles. The van der Waals surface area contributed by atoms with Gasteiger partial charge in [-0.3, -0.25) is 9.69 Å². The van der Waals surface area contributed by atoms with E-state index in [1.54, 1.807) is 18.1 Å². The summed E-state index contributed by atoms with van der Waals surface area (Å²) in [5.41, 5.74) is 1.84. The van der Waals surface area contributed by atoms with E-state index in [2.05, 4.69) is 19.1 Å². The second kappa shape index (κ2) is 8.79. The minimum Gasteiger partial charge on any atom is -0.497 e. The van der Waals surface area contributed by atoms with E-state index in [4.69, 9.17) is 4.74 Å². The monoisotopic (exact) mass is 382 g/mol. The van der Waals surface area contributed by atoms with Gasteiger partial charge in [-0.15, -0.1) is 0 Å². The van der Waals surface area contributed by atoms with Crippen LogP contribution in [-0.4, -0.2) is 45.2 Å². The van der Waals surface area contributed by atoms with Crippen LogP contribution in [0.2, 0.25) is 0 Å². The second-order valence-electron chi connectivity index (χ2n) is 6.52. The van der Waals surface area contributed by atoms with Gasteiger partial charge < -0.3 is 9.64 Å². The van der Waals surface area contributed by atoms with Crippen LogP contribution in [0.25, 0.3) is 16.3 Å². The van der Waals surface area contributed by atoms with Gasteiger partial charge in [0.25, 0.3) is 5.91 Å². The van der Waals surface area contributed by atoms with Gasteiger partial charge in [0.15, 0.2) is 5.13 Å². The fourth-order valence-electron chi connectivity index (χ4n) is 2.59. The fourth-order valence-corrected chi connectivity index (χ4v) is 3.57. The Labute approximate surface area is 163 Å². The summed E-state index contributed by atoms with van der Waals surface area (Å²) in [4.78, 5) is 20.6. The van der Waals surface area contributed by atoms with Crippen molar-refractivity contribution in [2.45, 2.75) is 0 Å². The van der Waals surface area contributed by atoms with Crippen molar-refractivity contribution in [2.24, 2.45) is 0 Å². The molecule has 140 valence electrons. The maximum Gasteiger partial charge on any atom is 0.252 e. The maximum atomic E-state index is 12.9. The maximum absolute atomic E-state index is 12.9. The van der Waals surface area contributed by atoms with Crippen molar-refractivity contribution < 1.29 is 14.4 Å². The molecule has 0 spiro atoms. The van der Waals surface area contributed by atoms with Gasteiger partial charge in [-0.05, 0) is 23.8 Å². The Morgan fingerprint density at radius 3 is 2.70 bits per heavy atom.